The van der Waals surface area contributed by atoms with E-state index in [1.54, 1.807) is 0 Å². The zero-order chi connectivity index (χ0) is 15.1. The molecule has 106 valence electrons. The highest BCUT2D eigenvalue weighted by Crippen LogP contribution is 2.42. The third-order valence-corrected chi connectivity index (χ3v) is 3.85. The summed E-state index contributed by atoms with van der Waals surface area (Å²) in [4.78, 5) is 13.3. The number of benzene rings is 1. The van der Waals surface area contributed by atoms with E-state index in [-0.39, 0.29) is 26.2 Å². The van der Waals surface area contributed by atoms with E-state index in [0.717, 1.165) is 6.07 Å². The van der Waals surface area contributed by atoms with Crippen LogP contribution in [0.15, 0.2) is 29.2 Å². The molecule has 0 saturated carbocycles. The number of rotatable bonds is 1. The number of aromatic nitrogens is 1. The van der Waals surface area contributed by atoms with Crippen LogP contribution in [0.2, 0.25) is 15.1 Å². The molecule has 0 atom stereocenters. The topological polar surface area (TPSA) is 32.9 Å². The number of hydrogen-bond donors (Lipinski definition) is 1. The molecule has 1 aromatic heterocycles. The molecule has 8 heteroatoms. The summed E-state index contributed by atoms with van der Waals surface area (Å²) in [5.74, 6) is 0. The van der Waals surface area contributed by atoms with E-state index < -0.39 is 17.3 Å². The molecule has 0 radical (unpaired) electrons. The van der Waals surface area contributed by atoms with Gasteiger partial charge in [0.1, 0.15) is 0 Å². The van der Waals surface area contributed by atoms with Gasteiger partial charge in [-0.15, -0.1) is 0 Å². The molecule has 1 N–H and O–H groups in total. The second-order valence-corrected chi connectivity index (χ2v) is 5.01. The molecule has 2 aromatic rings. The van der Waals surface area contributed by atoms with E-state index in [2.05, 4.69) is 0 Å². The zero-order valence-corrected chi connectivity index (χ0v) is 11.8. The highest BCUT2D eigenvalue weighted by atomic mass is 35.5. The molecule has 0 aliphatic rings. The SMILES string of the molecule is O=c1cc(-c2ccc(Cl)c(Cl)c2Cl)c(C(F)(F)F)c[nH]1. The summed E-state index contributed by atoms with van der Waals surface area (Å²) in [5, 5.41) is -0.103. The van der Waals surface area contributed by atoms with Crippen LogP contribution in [0.4, 0.5) is 13.2 Å². The number of H-pyrrole nitrogens is 1. The van der Waals surface area contributed by atoms with Gasteiger partial charge in [0.05, 0.1) is 20.6 Å². The fourth-order valence-corrected chi connectivity index (χ4v) is 2.30. The van der Waals surface area contributed by atoms with Gasteiger partial charge in [0, 0.05) is 23.4 Å². The molecule has 0 amide bonds. The van der Waals surface area contributed by atoms with Gasteiger partial charge in [-0.1, -0.05) is 40.9 Å². The van der Waals surface area contributed by atoms with Gasteiger partial charge in [-0.3, -0.25) is 4.79 Å². The Kier molecular flexibility index (Phi) is 4.04. The van der Waals surface area contributed by atoms with Crippen molar-refractivity contribution in [3.63, 3.8) is 0 Å². The van der Waals surface area contributed by atoms with E-state index in [1.165, 1.54) is 12.1 Å². The normalized spacial score (nSPS) is 11.7. The Hall–Kier alpha value is -1.17. The molecule has 1 heterocycles. The van der Waals surface area contributed by atoms with Gasteiger partial charge in [-0.2, -0.15) is 13.2 Å². The lowest BCUT2D eigenvalue weighted by molar-refractivity contribution is -0.137. The smallest absolute Gasteiger partial charge is 0.328 e. The summed E-state index contributed by atoms with van der Waals surface area (Å²) in [6.07, 6.45) is -4.05. The maximum absolute atomic E-state index is 13.0. The van der Waals surface area contributed by atoms with Crippen LogP contribution < -0.4 is 5.56 Å². The van der Waals surface area contributed by atoms with Crippen molar-refractivity contribution in [1.82, 2.24) is 4.98 Å². The third kappa shape index (κ3) is 2.80. The highest BCUT2D eigenvalue weighted by molar-refractivity contribution is 6.49. The van der Waals surface area contributed by atoms with E-state index in [1.807, 2.05) is 4.98 Å². The van der Waals surface area contributed by atoms with Crippen LogP contribution in [0.5, 0.6) is 0 Å². The number of nitrogens with one attached hydrogen (secondary N) is 1. The second-order valence-electron chi connectivity index (χ2n) is 3.85. The lowest BCUT2D eigenvalue weighted by Gasteiger charge is -2.14. The van der Waals surface area contributed by atoms with Crippen LogP contribution in [-0.2, 0) is 6.18 Å². The molecule has 0 unspecified atom stereocenters. The Bertz CT molecular complexity index is 725. The molecule has 0 fully saturated rings. The van der Waals surface area contributed by atoms with Gasteiger partial charge in [0.25, 0.3) is 0 Å². The minimum atomic E-state index is -4.64. The summed E-state index contributed by atoms with van der Waals surface area (Å²) in [6.45, 7) is 0. The highest BCUT2D eigenvalue weighted by Gasteiger charge is 2.34. The number of halogens is 6. The summed E-state index contributed by atoms with van der Waals surface area (Å²) >= 11 is 17.4. The quantitative estimate of drug-likeness (QED) is 0.725. The van der Waals surface area contributed by atoms with Gasteiger partial charge in [0.2, 0.25) is 5.56 Å². The summed E-state index contributed by atoms with van der Waals surface area (Å²) in [6, 6.07) is 3.40. The zero-order valence-electron chi connectivity index (χ0n) is 9.49. The molecular formula is C12H5Cl3F3NO. The van der Waals surface area contributed by atoms with Crippen molar-refractivity contribution < 1.29 is 13.2 Å². The first kappa shape index (κ1) is 15.2. The lowest BCUT2D eigenvalue weighted by atomic mass is 10.0. The first-order valence-electron chi connectivity index (χ1n) is 5.15. The minimum Gasteiger partial charge on any atom is -0.328 e. The van der Waals surface area contributed by atoms with E-state index in [0.29, 0.717) is 6.20 Å². The number of hydrogen-bond acceptors (Lipinski definition) is 1. The Labute approximate surface area is 126 Å². The molecule has 0 spiro atoms. The maximum atomic E-state index is 13.0. The predicted octanol–water partition coefficient (Wildman–Crippen LogP) is 5.02. The lowest BCUT2D eigenvalue weighted by Crippen LogP contribution is -2.13. The fourth-order valence-electron chi connectivity index (χ4n) is 1.66. The maximum Gasteiger partial charge on any atom is 0.418 e. The Balaban J connectivity index is 2.79. The fraction of sp³-hybridized carbons (Fsp3) is 0.0833. The molecule has 2 nitrogen and oxygen atoms in total. The van der Waals surface area contributed by atoms with Crippen LogP contribution in [0, 0.1) is 0 Å². The third-order valence-electron chi connectivity index (χ3n) is 2.56. The van der Waals surface area contributed by atoms with Gasteiger partial charge < -0.3 is 4.98 Å². The molecule has 1 aromatic carbocycles. The molecule has 0 aliphatic carbocycles. The van der Waals surface area contributed by atoms with Gasteiger partial charge in [-0.25, -0.2) is 0 Å². The van der Waals surface area contributed by atoms with Crippen molar-refractivity contribution in [2.45, 2.75) is 6.18 Å². The molecule has 0 bridgehead atoms. The molecule has 2 rings (SSSR count). The molecular weight excluding hydrogens is 337 g/mol. The molecule has 0 aliphatic heterocycles. The van der Waals surface area contributed by atoms with Crippen molar-refractivity contribution in [3.8, 4) is 11.1 Å². The molecule has 20 heavy (non-hydrogen) atoms. The van der Waals surface area contributed by atoms with Crippen molar-refractivity contribution >= 4 is 34.8 Å². The van der Waals surface area contributed by atoms with Crippen molar-refractivity contribution in [1.29, 1.82) is 0 Å². The summed E-state index contributed by atoms with van der Waals surface area (Å²) in [7, 11) is 0. The predicted molar refractivity (Wildman–Crippen MR) is 72.5 cm³/mol. The van der Waals surface area contributed by atoms with Crippen LogP contribution >= 0.6 is 34.8 Å². The van der Waals surface area contributed by atoms with Crippen LogP contribution in [0.3, 0.4) is 0 Å². The summed E-state index contributed by atoms with van der Waals surface area (Å²) in [5.41, 5.74) is -2.07. The Morgan fingerprint density at radius 3 is 2.25 bits per heavy atom. The first-order chi connectivity index (χ1) is 9.21. The van der Waals surface area contributed by atoms with Crippen LogP contribution in [0.1, 0.15) is 5.56 Å². The Morgan fingerprint density at radius 2 is 1.65 bits per heavy atom. The van der Waals surface area contributed by atoms with Crippen LogP contribution in [-0.4, -0.2) is 4.98 Å². The number of alkyl halides is 3. The standard InChI is InChI=1S/C12H5Cl3F3NO/c13-8-2-1-5(10(14)11(8)15)6-3-9(20)19-4-7(6)12(16,17)18/h1-4H,(H,19,20). The molecule has 0 saturated heterocycles. The number of pyridine rings is 1. The average Bonchev–Trinajstić information content (AvgIpc) is 2.34. The number of aromatic amines is 1. The van der Waals surface area contributed by atoms with Crippen molar-refractivity contribution in [2.24, 2.45) is 0 Å². The largest absolute Gasteiger partial charge is 0.418 e. The first-order valence-corrected chi connectivity index (χ1v) is 6.29. The Morgan fingerprint density at radius 1 is 1.00 bits per heavy atom. The minimum absolute atomic E-state index is 0.0144. The van der Waals surface area contributed by atoms with Gasteiger partial charge in [0.15, 0.2) is 0 Å². The second kappa shape index (κ2) is 5.31. The van der Waals surface area contributed by atoms with Crippen molar-refractivity contribution in [2.75, 3.05) is 0 Å². The average molecular weight is 343 g/mol. The van der Waals surface area contributed by atoms with Gasteiger partial charge >= 0.3 is 6.18 Å². The van der Waals surface area contributed by atoms with Crippen LogP contribution in [0.25, 0.3) is 11.1 Å². The van der Waals surface area contributed by atoms with Crippen molar-refractivity contribution in [3.05, 3.63) is 55.4 Å². The van der Waals surface area contributed by atoms with E-state index >= 15 is 0 Å². The monoisotopic (exact) mass is 341 g/mol. The van der Waals surface area contributed by atoms with E-state index in [4.69, 9.17) is 34.8 Å². The van der Waals surface area contributed by atoms with Gasteiger partial charge in [-0.05, 0) is 6.07 Å². The summed E-state index contributed by atoms with van der Waals surface area (Å²) < 4.78 is 38.9. The van der Waals surface area contributed by atoms with E-state index in [9.17, 15) is 18.0 Å².